The van der Waals surface area contributed by atoms with E-state index in [1.807, 2.05) is 0 Å². The third kappa shape index (κ3) is 2.97. The molecule has 0 unspecified atom stereocenters. The molecule has 0 radical (unpaired) electrons. The highest BCUT2D eigenvalue weighted by molar-refractivity contribution is 6.31. The molecule has 2 heterocycles. The lowest BCUT2D eigenvalue weighted by molar-refractivity contribution is 0.0514. The van der Waals surface area contributed by atoms with Crippen LogP contribution in [-0.4, -0.2) is 36.2 Å². The summed E-state index contributed by atoms with van der Waals surface area (Å²) in [6, 6.07) is 16.9. The van der Waals surface area contributed by atoms with Crippen molar-refractivity contribution in [3.63, 3.8) is 0 Å². The predicted molar refractivity (Wildman–Crippen MR) is 106 cm³/mol. The molecule has 0 fully saturated rings. The average molecular weight is 390 g/mol. The van der Waals surface area contributed by atoms with Crippen molar-refractivity contribution in [2.24, 2.45) is 0 Å². The Bertz CT molecular complexity index is 1080. The van der Waals surface area contributed by atoms with E-state index in [0.29, 0.717) is 28.1 Å². The van der Waals surface area contributed by atoms with Gasteiger partial charge in [0.05, 0.1) is 30.5 Å². The zero-order valence-electron chi connectivity index (χ0n) is 15.9. The number of carbonyl (C=O) groups excluding carboxylic acids is 3. The van der Waals surface area contributed by atoms with Gasteiger partial charge in [-0.05, 0) is 55.5 Å². The van der Waals surface area contributed by atoms with E-state index in [1.165, 1.54) is 4.68 Å². The SMILES string of the molecule is CCOC(=O)c1ccc(-c2ccc(OC)cc2)n1N1C(=O)c2ccccc2C1=O. The Morgan fingerprint density at radius 1 is 0.897 bits per heavy atom. The highest BCUT2D eigenvalue weighted by Gasteiger charge is 2.39. The first kappa shape index (κ1) is 18.5. The Hall–Kier alpha value is -3.87. The van der Waals surface area contributed by atoms with Crippen molar-refractivity contribution in [1.82, 2.24) is 4.68 Å². The van der Waals surface area contributed by atoms with E-state index < -0.39 is 17.8 Å². The molecule has 0 bridgehead atoms. The maximum Gasteiger partial charge on any atom is 0.356 e. The maximum absolute atomic E-state index is 13.0. The molecular weight excluding hydrogens is 372 g/mol. The molecule has 29 heavy (non-hydrogen) atoms. The zero-order valence-corrected chi connectivity index (χ0v) is 15.9. The summed E-state index contributed by atoms with van der Waals surface area (Å²) in [6.07, 6.45) is 0. The van der Waals surface area contributed by atoms with Gasteiger partial charge in [0, 0.05) is 5.56 Å². The van der Waals surface area contributed by atoms with E-state index >= 15 is 0 Å². The molecule has 0 saturated heterocycles. The summed E-state index contributed by atoms with van der Waals surface area (Å²) in [5.41, 5.74) is 1.89. The summed E-state index contributed by atoms with van der Waals surface area (Å²) in [5, 5.41) is 0.983. The number of fused-ring (bicyclic) bond motifs is 1. The Morgan fingerprint density at radius 3 is 2.07 bits per heavy atom. The normalized spacial score (nSPS) is 12.8. The second-order valence-corrected chi connectivity index (χ2v) is 6.33. The largest absolute Gasteiger partial charge is 0.497 e. The first-order chi connectivity index (χ1) is 14.1. The van der Waals surface area contributed by atoms with Gasteiger partial charge in [0.1, 0.15) is 11.4 Å². The number of benzene rings is 2. The van der Waals surface area contributed by atoms with Crippen molar-refractivity contribution in [3.8, 4) is 17.0 Å². The fourth-order valence-corrected chi connectivity index (χ4v) is 3.34. The van der Waals surface area contributed by atoms with E-state index in [1.54, 1.807) is 74.7 Å². The van der Waals surface area contributed by atoms with E-state index in [9.17, 15) is 14.4 Å². The molecule has 1 aliphatic rings. The topological polar surface area (TPSA) is 77.8 Å². The van der Waals surface area contributed by atoms with Crippen molar-refractivity contribution in [2.75, 3.05) is 18.7 Å². The van der Waals surface area contributed by atoms with Crippen LogP contribution >= 0.6 is 0 Å². The minimum Gasteiger partial charge on any atom is -0.497 e. The van der Waals surface area contributed by atoms with Gasteiger partial charge in [0.25, 0.3) is 11.8 Å². The summed E-state index contributed by atoms with van der Waals surface area (Å²) in [6.45, 7) is 1.86. The van der Waals surface area contributed by atoms with Crippen LogP contribution in [0, 0.1) is 0 Å². The monoisotopic (exact) mass is 390 g/mol. The Labute approximate surface area is 167 Å². The van der Waals surface area contributed by atoms with Gasteiger partial charge >= 0.3 is 5.97 Å². The molecule has 0 N–H and O–H groups in total. The van der Waals surface area contributed by atoms with E-state index in [0.717, 1.165) is 5.01 Å². The smallest absolute Gasteiger partial charge is 0.356 e. The third-order valence-corrected chi connectivity index (χ3v) is 4.70. The van der Waals surface area contributed by atoms with Gasteiger partial charge in [-0.3, -0.25) is 9.59 Å². The van der Waals surface area contributed by atoms with Gasteiger partial charge in [-0.15, -0.1) is 0 Å². The maximum atomic E-state index is 13.0. The minimum atomic E-state index is -0.621. The lowest BCUT2D eigenvalue weighted by atomic mass is 10.1. The summed E-state index contributed by atoms with van der Waals surface area (Å²) >= 11 is 0. The molecule has 146 valence electrons. The van der Waals surface area contributed by atoms with E-state index in [4.69, 9.17) is 9.47 Å². The lowest BCUT2D eigenvalue weighted by Crippen LogP contribution is -2.42. The third-order valence-electron chi connectivity index (χ3n) is 4.70. The molecule has 3 aromatic rings. The Kier molecular flexibility index (Phi) is 4.64. The second-order valence-electron chi connectivity index (χ2n) is 6.33. The van der Waals surface area contributed by atoms with Crippen LogP contribution in [0.25, 0.3) is 11.3 Å². The standard InChI is InChI=1S/C22H18N2O5/c1-3-29-22(27)19-13-12-18(14-8-10-15(28-2)11-9-14)23(19)24-20(25)16-6-4-5-7-17(16)21(24)26/h4-13H,3H2,1-2H3. The van der Waals surface area contributed by atoms with Crippen molar-refractivity contribution in [2.45, 2.75) is 6.92 Å². The van der Waals surface area contributed by atoms with Gasteiger partial charge < -0.3 is 9.47 Å². The molecule has 2 aromatic carbocycles. The van der Waals surface area contributed by atoms with Gasteiger partial charge in [-0.25, -0.2) is 9.47 Å². The van der Waals surface area contributed by atoms with Crippen LogP contribution in [0.3, 0.4) is 0 Å². The lowest BCUT2D eigenvalue weighted by Gasteiger charge is -2.21. The fourth-order valence-electron chi connectivity index (χ4n) is 3.34. The van der Waals surface area contributed by atoms with Gasteiger partial charge in [-0.2, -0.15) is 5.01 Å². The van der Waals surface area contributed by atoms with Crippen molar-refractivity contribution in [1.29, 1.82) is 0 Å². The van der Waals surface area contributed by atoms with Crippen LogP contribution < -0.4 is 9.75 Å². The number of carbonyl (C=O) groups is 3. The number of imide groups is 1. The molecule has 1 aliphatic heterocycles. The number of ether oxygens (including phenoxy) is 2. The number of esters is 1. The molecule has 0 aliphatic carbocycles. The summed E-state index contributed by atoms with van der Waals surface area (Å²) in [4.78, 5) is 38.6. The number of rotatable bonds is 5. The van der Waals surface area contributed by atoms with Crippen LogP contribution in [0.1, 0.15) is 38.1 Å². The number of methoxy groups -OCH3 is 1. The Balaban J connectivity index is 1.88. The van der Waals surface area contributed by atoms with Crippen LogP contribution in [-0.2, 0) is 4.74 Å². The number of nitrogens with zero attached hydrogens (tertiary/aromatic N) is 2. The number of hydrogen-bond acceptors (Lipinski definition) is 5. The molecule has 0 spiro atoms. The molecule has 7 nitrogen and oxygen atoms in total. The summed E-state index contributed by atoms with van der Waals surface area (Å²) in [5.74, 6) is -0.953. The van der Waals surface area contributed by atoms with Gasteiger partial charge in [0.2, 0.25) is 0 Å². The Morgan fingerprint density at radius 2 is 1.52 bits per heavy atom. The quantitative estimate of drug-likeness (QED) is 0.494. The number of amides is 2. The highest BCUT2D eigenvalue weighted by atomic mass is 16.5. The van der Waals surface area contributed by atoms with Gasteiger partial charge in [0.15, 0.2) is 0 Å². The molecule has 1 aromatic heterocycles. The van der Waals surface area contributed by atoms with Crippen LogP contribution in [0.15, 0.2) is 60.7 Å². The molecule has 7 heteroatoms. The number of aromatic nitrogens is 1. The number of hydrogen-bond donors (Lipinski definition) is 0. The fraction of sp³-hybridized carbons (Fsp3) is 0.136. The predicted octanol–water partition coefficient (Wildman–Crippen LogP) is 3.27. The van der Waals surface area contributed by atoms with E-state index in [-0.39, 0.29) is 12.3 Å². The molecule has 0 saturated carbocycles. The second kappa shape index (κ2) is 7.27. The van der Waals surface area contributed by atoms with Crippen molar-refractivity contribution in [3.05, 3.63) is 77.5 Å². The van der Waals surface area contributed by atoms with E-state index in [2.05, 4.69) is 0 Å². The average Bonchev–Trinajstić information content (AvgIpc) is 3.28. The summed E-state index contributed by atoms with van der Waals surface area (Å²) < 4.78 is 11.6. The van der Waals surface area contributed by atoms with Crippen LogP contribution in [0.5, 0.6) is 5.75 Å². The molecule has 2 amide bonds. The molecular formula is C22H18N2O5. The zero-order chi connectivity index (χ0) is 20.5. The minimum absolute atomic E-state index is 0.0900. The molecule has 0 atom stereocenters. The van der Waals surface area contributed by atoms with Gasteiger partial charge in [-0.1, -0.05) is 12.1 Å². The van der Waals surface area contributed by atoms with Crippen LogP contribution in [0.2, 0.25) is 0 Å². The molecule has 4 rings (SSSR count). The summed E-state index contributed by atoms with van der Waals surface area (Å²) in [7, 11) is 1.56. The van der Waals surface area contributed by atoms with Crippen LogP contribution in [0.4, 0.5) is 0 Å². The highest BCUT2D eigenvalue weighted by Crippen LogP contribution is 2.30. The van der Waals surface area contributed by atoms with Crippen molar-refractivity contribution >= 4 is 17.8 Å². The van der Waals surface area contributed by atoms with Crippen molar-refractivity contribution < 1.29 is 23.9 Å². The first-order valence-electron chi connectivity index (χ1n) is 9.08. The first-order valence-corrected chi connectivity index (χ1v) is 9.08.